The van der Waals surface area contributed by atoms with Gasteiger partial charge in [-0.2, -0.15) is 0 Å². The summed E-state index contributed by atoms with van der Waals surface area (Å²) in [5.41, 5.74) is -2.30. The quantitative estimate of drug-likeness (QED) is 0.0917. The lowest BCUT2D eigenvalue weighted by atomic mass is 9.77. The zero-order valence-electron chi connectivity index (χ0n) is 28.4. The largest absolute Gasteiger partial charge is 0.497 e. The van der Waals surface area contributed by atoms with Crippen LogP contribution in [0.5, 0.6) is 11.5 Å². The number of benzene rings is 3. The molecule has 0 N–H and O–H groups in total. The molecule has 1 aliphatic rings. The highest BCUT2D eigenvalue weighted by molar-refractivity contribution is 6.30. The molecule has 3 aromatic carbocycles. The Balaban J connectivity index is 1.73. The normalized spacial score (nSPS) is 13.2. The van der Waals surface area contributed by atoms with Crippen LogP contribution in [0.1, 0.15) is 85.5 Å². The molecule has 0 aliphatic carbocycles. The lowest BCUT2D eigenvalue weighted by molar-refractivity contribution is -0.186. The standard InChI is InChI=1S/C37H40ClNO9/c1-35(2,3)47-33(43)37(34(44)48-36(4,5)6,21-28(40)24-11-9-22(10-12-24)23-13-15-25(38)16-14-23)17-18-39-31(41)27-19-26(45-7)20-29(46-8)30(27)32(39)42/h9-16,19-20H,17-18,21H2,1-8H3. The van der Waals surface area contributed by atoms with E-state index in [1.807, 2.05) is 12.1 Å². The maximum absolute atomic E-state index is 14.1. The molecule has 1 aliphatic heterocycles. The molecule has 0 aromatic heterocycles. The number of nitrogens with zero attached hydrogens (tertiary/aromatic N) is 1. The highest BCUT2D eigenvalue weighted by Crippen LogP contribution is 2.39. The molecule has 0 saturated carbocycles. The van der Waals surface area contributed by atoms with Crippen LogP contribution in [-0.2, 0) is 19.1 Å². The van der Waals surface area contributed by atoms with E-state index < -0.39 is 65.5 Å². The van der Waals surface area contributed by atoms with E-state index in [0.717, 1.165) is 16.0 Å². The van der Waals surface area contributed by atoms with Crippen molar-refractivity contribution in [2.45, 2.75) is 65.6 Å². The molecule has 0 unspecified atom stereocenters. The second kappa shape index (κ2) is 13.8. The monoisotopic (exact) mass is 677 g/mol. The van der Waals surface area contributed by atoms with Gasteiger partial charge < -0.3 is 18.9 Å². The number of halogens is 1. The Morgan fingerprint density at radius 3 is 1.73 bits per heavy atom. The van der Waals surface area contributed by atoms with Crippen molar-refractivity contribution in [1.29, 1.82) is 0 Å². The fourth-order valence-corrected chi connectivity index (χ4v) is 5.40. The second-order valence-electron chi connectivity index (χ2n) is 13.5. The van der Waals surface area contributed by atoms with Crippen LogP contribution in [-0.4, -0.2) is 66.4 Å². The Labute approximate surface area is 285 Å². The molecule has 2 amide bonds. The van der Waals surface area contributed by atoms with Gasteiger partial charge in [0.05, 0.1) is 25.3 Å². The van der Waals surface area contributed by atoms with Gasteiger partial charge in [0.15, 0.2) is 11.2 Å². The maximum atomic E-state index is 14.1. The van der Waals surface area contributed by atoms with Crippen LogP contribution in [0.15, 0.2) is 60.7 Å². The van der Waals surface area contributed by atoms with Crippen LogP contribution in [0.4, 0.5) is 0 Å². The molecule has 4 rings (SSSR count). The van der Waals surface area contributed by atoms with Gasteiger partial charge in [-0.1, -0.05) is 48.0 Å². The van der Waals surface area contributed by atoms with Crippen molar-refractivity contribution >= 4 is 41.1 Å². The van der Waals surface area contributed by atoms with E-state index in [1.54, 1.807) is 77.9 Å². The first-order chi connectivity index (χ1) is 22.4. The molecule has 0 saturated heterocycles. The first-order valence-electron chi connectivity index (χ1n) is 15.4. The minimum Gasteiger partial charge on any atom is -0.497 e. The smallest absolute Gasteiger partial charge is 0.324 e. The van der Waals surface area contributed by atoms with Gasteiger partial charge in [0.1, 0.15) is 22.7 Å². The molecule has 11 heteroatoms. The number of imide groups is 1. The van der Waals surface area contributed by atoms with Gasteiger partial charge in [-0.05, 0) is 77.3 Å². The number of hydrogen-bond acceptors (Lipinski definition) is 9. The Hall–Kier alpha value is -4.70. The third-order valence-electron chi connectivity index (χ3n) is 7.65. The predicted molar refractivity (Wildman–Crippen MR) is 179 cm³/mol. The molecule has 0 radical (unpaired) electrons. The molecule has 3 aromatic rings. The zero-order chi connectivity index (χ0) is 35.6. The van der Waals surface area contributed by atoms with Crippen LogP contribution in [0.25, 0.3) is 11.1 Å². The van der Waals surface area contributed by atoms with Crippen molar-refractivity contribution in [2.24, 2.45) is 5.41 Å². The summed E-state index contributed by atoms with van der Waals surface area (Å²) >= 11 is 6.02. The highest BCUT2D eigenvalue weighted by atomic mass is 35.5. The number of methoxy groups -OCH3 is 2. The lowest BCUT2D eigenvalue weighted by Gasteiger charge is -2.35. The fraction of sp³-hybridized carbons (Fsp3) is 0.378. The van der Waals surface area contributed by atoms with Gasteiger partial charge in [0.25, 0.3) is 11.8 Å². The number of amides is 2. The molecule has 1 heterocycles. The third-order valence-corrected chi connectivity index (χ3v) is 7.91. The van der Waals surface area contributed by atoms with Crippen LogP contribution in [0, 0.1) is 5.41 Å². The SMILES string of the molecule is COc1cc(OC)c2c(c1)C(=O)N(CCC(CC(=O)c1ccc(-c3ccc(Cl)cc3)cc1)(C(=O)OC(C)(C)C)C(=O)OC(C)(C)C)C2=O. The molecular weight excluding hydrogens is 638 g/mol. The van der Waals surface area contributed by atoms with E-state index in [0.29, 0.717) is 10.8 Å². The molecule has 254 valence electrons. The van der Waals surface area contributed by atoms with E-state index in [4.69, 9.17) is 30.5 Å². The van der Waals surface area contributed by atoms with E-state index in [2.05, 4.69) is 0 Å². The van der Waals surface area contributed by atoms with Crippen LogP contribution < -0.4 is 9.47 Å². The summed E-state index contributed by atoms with van der Waals surface area (Å²) in [7, 11) is 2.78. The second-order valence-corrected chi connectivity index (χ2v) is 14.0. The van der Waals surface area contributed by atoms with Crippen LogP contribution in [0.2, 0.25) is 5.02 Å². The van der Waals surface area contributed by atoms with Crippen LogP contribution >= 0.6 is 11.6 Å². The lowest BCUT2D eigenvalue weighted by Crippen LogP contribution is -2.50. The molecule has 0 fully saturated rings. The van der Waals surface area contributed by atoms with Gasteiger partial charge in [0.2, 0.25) is 0 Å². The summed E-state index contributed by atoms with van der Waals surface area (Å²) in [6.07, 6.45) is -1.09. The average Bonchev–Trinajstić information content (AvgIpc) is 3.25. The summed E-state index contributed by atoms with van der Waals surface area (Å²) in [6.45, 7) is 9.38. The fourth-order valence-electron chi connectivity index (χ4n) is 5.28. The summed E-state index contributed by atoms with van der Waals surface area (Å²) in [6, 6.07) is 16.8. The molecule has 0 spiro atoms. The van der Waals surface area contributed by atoms with Gasteiger partial charge in [0, 0.05) is 29.6 Å². The van der Waals surface area contributed by atoms with Gasteiger partial charge in [-0.3, -0.25) is 28.9 Å². The van der Waals surface area contributed by atoms with Gasteiger partial charge >= 0.3 is 11.9 Å². The third kappa shape index (κ3) is 7.87. The summed E-state index contributed by atoms with van der Waals surface area (Å²) in [5, 5.41) is 0.589. The minimum atomic E-state index is -2.22. The van der Waals surface area contributed by atoms with E-state index in [9.17, 15) is 24.0 Å². The maximum Gasteiger partial charge on any atom is 0.324 e. The number of carbonyl (C=O) groups excluding carboxylic acids is 5. The van der Waals surface area contributed by atoms with Crippen molar-refractivity contribution in [3.63, 3.8) is 0 Å². The first kappa shape index (κ1) is 36.1. The Kier molecular flexibility index (Phi) is 10.4. The van der Waals surface area contributed by atoms with Crippen LogP contribution in [0.3, 0.4) is 0 Å². The van der Waals surface area contributed by atoms with Gasteiger partial charge in [-0.25, -0.2) is 0 Å². The number of ketones is 1. The number of hydrogen-bond donors (Lipinski definition) is 0. The summed E-state index contributed by atoms with van der Waals surface area (Å²) in [5.74, 6) is -3.47. The molecule has 0 bridgehead atoms. The van der Waals surface area contributed by atoms with Crippen molar-refractivity contribution in [1.82, 2.24) is 4.90 Å². The summed E-state index contributed by atoms with van der Waals surface area (Å²) in [4.78, 5) is 70.2. The molecule has 0 atom stereocenters. The molecule has 10 nitrogen and oxygen atoms in total. The number of rotatable bonds is 11. The Bertz CT molecular complexity index is 1700. The Morgan fingerprint density at radius 1 is 0.729 bits per heavy atom. The van der Waals surface area contributed by atoms with Crippen molar-refractivity contribution in [2.75, 3.05) is 20.8 Å². The number of carbonyl (C=O) groups is 5. The number of esters is 2. The average molecular weight is 678 g/mol. The van der Waals surface area contributed by atoms with Crippen molar-refractivity contribution in [3.8, 4) is 22.6 Å². The number of ether oxygens (including phenoxy) is 4. The molecule has 48 heavy (non-hydrogen) atoms. The minimum absolute atomic E-state index is 0.0280. The van der Waals surface area contributed by atoms with Crippen molar-refractivity contribution < 1.29 is 42.9 Å². The summed E-state index contributed by atoms with van der Waals surface area (Å²) < 4.78 is 22.1. The zero-order valence-corrected chi connectivity index (χ0v) is 29.2. The highest BCUT2D eigenvalue weighted by Gasteiger charge is 2.53. The van der Waals surface area contributed by atoms with Crippen molar-refractivity contribution in [3.05, 3.63) is 82.4 Å². The van der Waals surface area contributed by atoms with E-state index in [-0.39, 0.29) is 22.4 Å². The topological polar surface area (TPSA) is 126 Å². The predicted octanol–water partition coefficient (Wildman–Crippen LogP) is 6.95. The number of Topliss-reactive ketones (excluding diaryl/α,β-unsaturated/α-hetero) is 1. The van der Waals surface area contributed by atoms with Gasteiger partial charge in [-0.15, -0.1) is 0 Å². The van der Waals surface area contributed by atoms with E-state index >= 15 is 0 Å². The number of fused-ring (bicyclic) bond motifs is 1. The first-order valence-corrected chi connectivity index (χ1v) is 15.8. The van der Waals surface area contributed by atoms with E-state index in [1.165, 1.54) is 26.4 Å². The molecular formula is C37H40ClNO9. The Morgan fingerprint density at radius 2 is 1.25 bits per heavy atom.